The summed E-state index contributed by atoms with van der Waals surface area (Å²) >= 11 is 0. The van der Waals surface area contributed by atoms with Crippen LogP contribution >= 0.6 is 0 Å². The van der Waals surface area contributed by atoms with Crippen LogP contribution < -0.4 is 5.32 Å². The third-order valence-corrected chi connectivity index (χ3v) is 4.39. The summed E-state index contributed by atoms with van der Waals surface area (Å²) in [5.74, 6) is 0.529. The van der Waals surface area contributed by atoms with Crippen molar-refractivity contribution in [3.8, 4) is 0 Å². The third kappa shape index (κ3) is 2.81. The molecule has 0 radical (unpaired) electrons. The first kappa shape index (κ1) is 14.1. The van der Waals surface area contributed by atoms with E-state index in [2.05, 4.69) is 10.2 Å². The van der Waals surface area contributed by atoms with Gasteiger partial charge in [0.1, 0.15) is 11.2 Å². The molecule has 0 bridgehead atoms. The fourth-order valence-electron chi connectivity index (χ4n) is 2.73. The Kier molecular flexibility index (Phi) is 3.71. The molecule has 2 heterocycles. The molecule has 6 heteroatoms. The van der Waals surface area contributed by atoms with Gasteiger partial charge in [-0.15, -0.1) is 0 Å². The van der Waals surface area contributed by atoms with Gasteiger partial charge in [-0.2, -0.15) is 0 Å². The predicted molar refractivity (Wildman–Crippen MR) is 76.3 cm³/mol. The minimum Gasteiger partial charge on any atom is -0.467 e. The molecule has 114 valence electrons. The Morgan fingerprint density at radius 1 is 1.29 bits per heavy atom. The molecule has 1 N–H and O–H groups in total. The van der Waals surface area contributed by atoms with Gasteiger partial charge in [-0.25, -0.2) is 0 Å². The number of rotatable bonds is 4. The monoisotopic (exact) mass is 291 g/mol. The Labute approximate surface area is 124 Å². The fourth-order valence-corrected chi connectivity index (χ4v) is 2.73. The van der Waals surface area contributed by atoms with E-state index in [9.17, 15) is 9.59 Å². The van der Waals surface area contributed by atoms with E-state index >= 15 is 0 Å². The molecular weight excluding hydrogens is 270 g/mol. The van der Waals surface area contributed by atoms with Crippen molar-refractivity contribution in [3.05, 3.63) is 24.2 Å². The van der Waals surface area contributed by atoms with Gasteiger partial charge in [-0.1, -0.05) is 0 Å². The number of hydrogen-bond acceptors (Lipinski definition) is 4. The molecule has 1 saturated carbocycles. The van der Waals surface area contributed by atoms with E-state index in [1.54, 1.807) is 12.3 Å². The summed E-state index contributed by atoms with van der Waals surface area (Å²) < 4.78 is 5.19. The second-order valence-electron chi connectivity index (χ2n) is 5.94. The Bertz CT molecular complexity index is 514. The average Bonchev–Trinajstić information content (AvgIpc) is 3.14. The average molecular weight is 291 g/mol. The van der Waals surface area contributed by atoms with Crippen molar-refractivity contribution in [1.29, 1.82) is 0 Å². The zero-order chi connectivity index (χ0) is 14.9. The highest BCUT2D eigenvalue weighted by molar-refractivity contribution is 6.07. The zero-order valence-electron chi connectivity index (χ0n) is 12.3. The van der Waals surface area contributed by atoms with Gasteiger partial charge in [0.15, 0.2) is 0 Å². The Hall–Kier alpha value is -1.82. The van der Waals surface area contributed by atoms with Crippen molar-refractivity contribution in [2.24, 2.45) is 5.41 Å². The Morgan fingerprint density at radius 2 is 2.00 bits per heavy atom. The molecule has 1 saturated heterocycles. The van der Waals surface area contributed by atoms with E-state index in [0.29, 0.717) is 38.2 Å². The predicted octanol–water partition coefficient (Wildman–Crippen LogP) is 0.450. The van der Waals surface area contributed by atoms with Crippen LogP contribution in [0.25, 0.3) is 0 Å². The van der Waals surface area contributed by atoms with Crippen LogP contribution in [0.5, 0.6) is 0 Å². The minimum absolute atomic E-state index is 0.00690. The first-order valence-electron chi connectivity index (χ1n) is 7.40. The fraction of sp³-hybridized carbons (Fsp3) is 0.600. The van der Waals surface area contributed by atoms with Gasteiger partial charge in [0.2, 0.25) is 11.8 Å². The normalized spacial score (nSPS) is 21.1. The van der Waals surface area contributed by atoms with E-state index < -0.39 is 5.41 Å². The molecular formula is C15H21N3O3. The number of carbonyl (C=O) groups excluding carboxylic acids is 2. The molecule has 0 atom stereocenters. The number of nitrogens with one attached hydrogen (secondary N) is 1. The summed E-state index contributed by atoms with van der Waals surface area (Å²) in [6, 6.07) is 3.59. The maximum atomic E-state index is 12.6. The molecule has 21 heavy (non-hydrogen) atoms. The summed E-state index contributed by atoms with van der Waals surface area (Å²) in [7, 11) is 2.05. The van der Waals surface area contributed by atoms with E-state index in [1.807, 2.05) is 18.0 Å². The summed E-state index contributed by atoms with van der Waals surface area (Å²) in [5, 5.41) is 2.83. The SMILES string of the molecule is CN1CCN(C(=O)C2(C(=O)NCc3ccco3)CC2)CC1. The molecule has 2 fully saturated rings. The van der Waals surface area contributed by atoms with Crippen molar-refractivity contribution in [2.45, 2.75) is 19.4 Å². The van der Waals surface area contributed by atoms with E-state index in [4.69, 9.17) is 4.42 Å². The molecule has 2 amide bonds. The summed E-state index contributed by atoms with van der Waals surface area (Å²) in [6.45, 7) is 3.50. The van der Waals surface area contributed by atoms with Crippen LogP contribution in [0.1, 0.15) is 18.6 Å². The molecule has 1 aliphatic heterocycles. The number of piperazine rings is 1. The van der Waals surface area contributed by atoms with E-state index in [1.165, 1.54) is 0 Å². The van der Waals surface area contributed by atoms with Gasteiger partial charge in [0.25, 0.3) is 0 Å². The Morgan fingerprint density at radius 3 is 2.57 bits per heavy atom. The smallest absolute Gasteiger partial charge is 0.238 e. The zero-order valence-corrected chi connectivity index (χ0v) is 12.3. The molecule has 1 aromatic rings. The van der Waals surface area contributed by atoms with Crippen LogP contribution in [0.4, 0.5) is 0 Å². The molecule has 6 nitrogen and oxygen atoms in total. The van der Waals surface area contributed by atoms with Gasteiger partial charge in [0, 0.05) is 26.2 Å². The Balaban J connectivity index is 1.58. The van der Waals surface area contributed by atoms with Crippen LogP contribution in [0, 0.1) is 5.41 Å². The number of carbonyl (C=O) groups is 2. The van der Waals surface area contributed by atoms with E-state index in [-0.39, 0.29) is 11.8 Å². The lowest BCUT2D eigenvalue weighted by Crippen LogP contribution is -2.52. The molecule has 0 spiro atoms. The lowest BCUT2D eigenvalue weighted by Gasteiger charge is -2.34. The molecule has 3 rings (SSSR count). The number of likely N-dealkylation sites (N-methyl/N-ethyl adjacent to an activating group) is 1. The molecule has 0 unspecified atom stereocenters. The lowest BCUT2D eigenvalue weighted by atomic mass is 10.0. The quantitative estimate of drug-likeness (QED) is 0.818. The molecule has 2 aliphatic rings. The molecule has 0 aromatic carbocycles. The largest absolute Gasteiger partial charge is 0.467 e. The second kappa shape index (κ2) is 5.52. The summed E-state index contributed by atoms with van der Waals surface area (Å²) in [4.78, 5) is 29.0. The van der Waals surface area contributed by atoms with Crippen molar-refractivity contribution < 1.29 is 14.0 Å². The lowest BCUT2D eigenvalue weighted by molar-refractivity contribution is -0.145. The number of nitrogens with zero attached hydrogens (tertiary/aromatic N) is 2. The summed E-state index contributed by atoms with van der Waals surface area (Å²) in [5.41, 5.74) is -0.817. The molecule has 1 aromatic heterocycles. The highest BCUT2D eigenvalue weighted by atomic mass is 16.3. The van der Waals surface area contributed by atoms with Crippen LogP contribution in [0.15, 0.2) is 22.8 Å². The second-order valence-corrected chi connectivity index (χ2v) is 5.94. The minimum atomic E-state index is -0.817. The number of hydrogen-bond donors (Lipinski definition) is 1. The van der Waals surface area contributed by atoms with Crippen molar-refractivity contribution in [1.82, 2.24) is 15.1 Å². The maximum Gasteiger partial charge on any atom is 0.238 e. The van der Waals surface area contributed by atoms with Crippen LogP contribution in [0.2, 0.25) is 0 Å². The van der Waals surface area contributed by atoms with Gasteiger partial charge in [-0.3, -0.25) is 9.59 Å². The van der Waals surface area contributed by atoms with E-state index in [0.717, 1.165) is 13.1 Å². The van der Waals surface area contributed by atoms with Gasteiger partial charge < -0.3 is 19.5 Å². The molecule has 1 aliphatic carbocycles. The first-order valence-corrected chi connectivity index (χ1v) is 7.40. The third-order valence-electron chi connectivity index (χ3n) is 4.39. The standard InChI is InChI=1S/C15H21N3O3/c1-17-6-8-18(9-7-17)14(20)15(4-5-15)13(19)16-11-12-3-2-10-21-12/h2-3,10H,4-9,11H2,1H3,(H,16,19). The van der Waals surface area contributed by atoms with Gasteiger partial charge in [0.05, 0.1) is 12.8 Å². The highest BCUT2D eigenvalue weighted by Gasteiger charge is 2.58. The number of furan rings is 1. The number of amides is 2. The maximum absolute atomic E-state index is 12.6. The van der Waals surface area contributed by atoms with Crippen LogP contribution in [-0.2, 0) is 16.1 Å². The van der Waals surface area contributed by atoms with Gasteiger partial charge in [-0.05, 0) is 32.0 Å². The van der Waals surface area contributed by atoms with Crippen molar-refractivity contribution in [3.63, 3.8) is 0 Å². The van der Waals surface area contributed by atoms with Crippen molar-refractivity contribution in [2.75, 3.05) is 33.2 Å². The highest BCUT2D eigenvalue weighted by Crippen LogP contribution is 2.47. The topological polar surface area (TPSA) is 65.8 Å². The first-order chi connectivity index (χ1) is 10.1. The van der Waals surface area contributed by atoms with Crippen molar-refractivity contribution >= 4 is 11.8 Å². The van der Waals surface area contributed by atoms with Gasteiger partial charge >= 0.3 is 0 Å². The van der Waals surface area contributed by atoms with Crippen LogP contribution in [-0.4, -0.2) is 54.8 Å². The van der Waals surface area contributed by atoms with Crippen LogP contribution in [0.3, 0.4) is 0 Å². The summed E-state index contributed by atoms with van der Waals surface area (Å²) in [6.07, 6.45) is 2.88.